The number of nitrogens with one attached hydrogen (secondary N) is 3. The second kappa shape index (κ2) is 8.94. The molecule has 1 aromatic heterocycles. The maximum atomic E-state index is 11.9. The highest BCUT2D eigenvalue weighted by molar-refractivity contribution is 5.95. The first-order valence-corrected chi connectivity index (χ1v) is 7.15. The molecule has 2 aromatic rings. The number of carbonyl (C=O) groups is 2. The smallest absolute Gasteiger partial charge is 0.279 e. The zero-order valence-electron chi connectivity index (χ0n) is 13.2. The topological polar surface area (TPSA) is 167 Å². The highest BCUT2D eigenvalue weighted by Gasteiger charge is 2.18. The van der Waals surface area contributed by atoms with Crippen LogP contribution in [0.2, 0.25) is 0 Å². The predicted molar refractivity (Wildman–Crippen MR) is 86.0 cm³/mol. The van der Waals surface area contributed by atoms with Gasteiger partial charge in [0.15, 0.2) is 5.69 Å². The van der Waals surface area contributed by atoms with Crippen LogP contribution in [0.4, 0.5) is 11.4 Å². The molecule has 11 nitrogen and oxygen atoms in total. The first-order chi connectivity index (χ1) is 12.5. The molecular formula is C15H13N7O4. The van der Waals surface area contributed by atoms with Gasteiger partial charge in [-0.15, -0.1) is 0 Å². The highest BCUT2D eigenvalue weighted by Crippen LogP contribution is 2.14. The summed E-state index contributed by atoms with van der Waals surface area (Å²) in [7, 11) is 0. The van der Waals surface area contributed by atoms with Crippen LogP contribution in [-0.2, 0) is 4.79 Å². The van der Waals surface area contributed by atoms with Crippen molar-refractivity contribution in [2.75, 3.05) is 0 Å². The molecule has 0 aliphatic carbocycles. The summed E-state index contributed by atoms with van der Waals surface area (Å²) in [5.41, 5.74) is 4.76. The molecule has 2 atom stereocenters. The van der Waals surface area contributed by atoms with Gasteiger partial charge in [-0.2, -0.15) is 20.7 Å². The monoisotopic (exact) mass is 355 g/mol. The Labute approximate surface area is 147 Å². The largest absolute Gasteiger partial charge is 0.595 e. The van der Waals surface area contributed by atoms with Crippen molar-refractivity contribution < 1.29 is 20.0 Å². The number of nitriles is 1. The van der Waals surface area contributed by atoms with Gasteiger partial charge in [0.1, 0.15) is 6.07 Å². The maximum Gasteiger partial charge on any atom is 0.279 e. The van der Waals surface area contributed by atoms with Crippen LogP contribution >= 0.6 is 0 Å². The zero-order chi connectivity index (χ0) is 18.9. The summed E-state index contributed by atoms with van der Waals surface area (Å²) in [6.45, 7) is 0. The molecule has 0 bridgehead atoms. The molecule has 0 saturated heterocycles. The number of hydrogen-bond donors (Lipinski definition) is 4. The minimum atomic E-state index is -1.50. The molecule has 0 spiro atoms. The van der Waals surface area contributed by atoms with Crippen molar-refractivity contribution in [3.63, 3.8) is 0 Å². The van der Waals surface area contributed by atoms with E-state index in [1.165, 1.54) is 42.7 Å². The second-order valence-electron chi connectivity index (χ2n) is 4.78. The molecule has 0 saturated carbocycles. The van der Waals surface area contributed by atoms with E-state index >= 15 is 0 Å². The van der Waals surface area contributed by atoms with E-state index in [1.807, 2.05) is 0 Å². The average Bonchev–Trinajstić information content (AvgIpc) is 2.67. The van der Waals surface area contributed by atoms with E-state index in [9.17, 15) is 14.8 Å². The maximum absolute atomic E-state index is 11.9. The first kappa shape index (κ1) is 18.6. The molecule has 1 heterocycles. The minimum absolute atomic E-state index is 0.0663. The Hall–Kier alpha value is -3.72. The minimum Gasteiger partial charge on any atom is -0.595 e. The standard InChI is InChI=1S/C15H13N7O4/c16-8-13(19-18-11-3-5-12(6-4-11)22(25)26)15(24)21-20-14(23)10-2-1-7-17-9-10/h1-7,9,13,22,25H,(H,20,23)(H,21,24)/t13-/m1/s1. The van der Waals surface area contributed by atoms with Crippen molar-refractivity contribution in [2.24, 2.45) is 10.2 Å². The molecule has 2 amide bonds. The third-order valence-corrected chi connectivity index (χ3v) is 3.00. The summed E-state index contributed by atoms with van der Waals surface area (Å²) in [4.78, 5) is 27.4. The third-order valence-electron chi connectivity index (χ3n) is 3.00. The summed E-state index contributed by atoms with van der Waals surface area (Å²) in [5.74, 6) is -1.49. The summed E-state index contributed by atoms with van der Waals surface area (Å²) in [5, 5.41) is 34.8. The quantitative estimate of drug-likeness (QED) is 0.432. The van der Waals surface area contributed by atoms with Crippen molar-refractivity contribution in [1.29, 1.82) is 5.26 Å². The molecular weight excluding hydrogens is 342 g/mol. The van der Waals surface area contributed by atoms with Gasteiger partial charge in [0.05, 0.1) is 11.3 Å². The molecule has 26 heavy (non-hydrogen) atoms. The predicted octanol–water partition coefficient (Wildman–Crippen LogP) is -0.0779. The molecule has 132 valence electrons. The lowest BCUT2D eigenvalue weighted by atomic mass is 10.3. The number of amides is 2. The van der Waals surface area contributed by atoms with E-state index in [1.54, 1.807) is 12.1 Å². The number of azo groups is 1. The number of quaternary nitrogens is 1. The molecule has 11 heteroatoms. The molecule has 0 radical (unpaired) electrons. The second-order valence-corrected chi connectivity index (χ2v) is 4.78. The normalized spacial score (nSPS) is 12.8. The lowest BCUT2D eigenvalue weighted by Crippen LogP contribution is -2.99. The summed E-state index contributed by atoms with van der Waals surface area (Å²) in [6.07, 6.45) is 2.80. The van der Waals surface area contributed by atoms with Crippen LogP contribution in [0, 0.1) is 16.5 Å². The van der Waals surface area contributed by atoms with Crippen molar-refractivity contribution in [1.82, 2.24) is 15.8 Å². The summed E-state index contributed by atoms with van der Waals surface area (Å²) in [6, 6.07) is 8.57. The molecule has 2 rings (SSSR count). The van der Waals surface area contributed by atoms with Crippen LogP contribution < -0.4 is 16.1 Å². The van der Waals surface area contributed by atoms with Gasteiger partial charge in [-0.25, -0.2) is 5.21 Å². The van der Waals surface area contributed by atoms with Crippen LogP contribution in [0.25, 0.3) is 0 Å². The Bertz CT molecular complexity index is 831. The highest BCUT2D eigenvalue weighted by atomic mass is 16.8. The number of carbonyl (C=O) groups excluding carboxylic acids is 2. The lowest BCUT2D eigenvalue weighted by Gasteiger charge is -2.10. The number of aromatic nitrogens is 1. The zero-order valence-corrected chi connectivity index (χ0v) is 13.2. The van der Waals surface area contributed by atoms with Gasteiger partial charge in [-0.3, -0.25) is 25.4 Å². The molecule has 0 fully saturated rings. The van der Waals surface area contributed by atoms with Crippen molar-refractivity contribution in [3.8, 4) is 6.07 Å². The fourth-order valence-electron chi connectivity index (χ4n) is 1.69. The first-order valence-electron chi connectivity index (χ1n) is 7.15. The fraction of sp³-hybridized carbons (Fsp3) is 0.0667. The van der Waals surface area contributed by atoms with E-state index < -0.39 is 23.1 Å². The molecule has 0 aliphatic rings. The van der Waals surface area contributed by atoms with Gasteiger partial charge in [0.2, 0.25) is 6.04 Å². The SMILES string of the molecule is N#C[C@@H](N=Nc1ccc([NH+]([O-])O)cc1)C(=O)NNC(=O)c1cccnc1. The number of hydrogen-bond acceptors (Lipinski definition) is 8. The van der Waals surface area contributed by atoms with E-state index in [-0.39, 0.29) is 16.9 Å². The van der Waals surface area contributed by atoms with Gasteiger partial charge in [0.25, 0.3) is 11.8 Å². The lowest BCUT2D eigenvalue weighted by molar-refractivity contribution is -0.991. The molecule has 0 aliphatic heterocycles. The number of hydrazine groups is 1. The number of pyridine rings is 1. The van der Waals surface area contributed by atoms with E-state index in [2.05, 4.69) is 26.1 Å². The van der Waals surface area contributed by atoms with Gasteiger partial charge in [0, 0.05) is 24.5 Å². The van der Waals surface area contributed by atoms with E-state index in [0.717, 1.165) is 0 Å². The molecule has 1 aromatic carbocycles. The van der Waals surface area contributed by atoms with Gasteiger partial charge >= 0.3 is 0 Å². The van der Waals surface area contributed by atoms with Gasteiger partial charge in [-0.05, 0) is 24.3 Å². The Kier molecular flexibility index (Phi) is 6.40. The van der Waals surface area contributed by atoms with Gasteiger partial charge < -0.3 is 5.21 Å². The Morgan fingerprint density at radius 3 is 2.58 bits per heavy atom. The number of benzene rings is 1. The Balaban J connectivity index is 1.94. The van der Waals surface area contributed by atoms with E-state index in [0.29, 0.717) is 0 Å². The van der Waals surface area contributed by atoms with E-state index in [4.69, 9.17) is 10.5 Å². The third kappa shape index (κ3) is 5.14. The van der Waals surface area contributed by atoms with Crippen molar-refractivity contribution in [3.05, 3.63) is 59.6 Å². The van der Waals surface area contributed by atoms with Crippen molar-refractivity contribution in [2.45, 2.75) is 6.04 Å². The Morgan fingerprint density at radius 2 is 2.00 bits per heavy atom. The van der Waals surface area contributed by atoms with Crippen LogP contribution in [0.15, 0.2) is 59.0 Å². The van der Waals surface area contributed by atoms with Gasteiger partial charge in [-0.1, -0.05) is 0 Å². The van der Waals surface area contributed by atoms with Crippen molar-refractivity contribution >= 4 is 23.2 Å². The Morgan fingerprint density at radius 1 is 1.27 bits per heavy atom. The average molecular weight is 355 g/mol. The summed E-state index contributed by atoms with van der Waals surface area (Å²) < 4.78 is 0. The molecule has 1 unspecified atom stereocenters. The van der Waals surface area contributed by atoms with Crippen LogP contribution in [0.5, 0.6) is 0 Å². The molecule has 4 N–H and O–H groups in total. The van der Waals surface area contributed by atoms with Crippen LogP contribution in [0.1, 0.15) is 10.4 Å². The summed E-state index contributed by atoms with van der Waals surface area (Å²) >= 11 is 0. The fourth-order valence-corrected chi connectivity index (χ4v) is 1.69. The number of nitrogens with zero attached hydrogens (tertiary/aromatic N) is 4. The number of rotatable bonds is 5. The van der Waals surface area contributed by atoms with Crippen LogP contribution in [-0.4, -0.2) is 28.0 Å². The van der Waals surface area contributed by atoms with Crippen LogP contribution in [0.3, 0.4) is 0 Å².